The van der Waals surface area contributed by atoms with Gasteiger partial charge in [0.2, 0.25) is 5.91 Å². The Labute approximate surface area is 157 Å². The maximum atomic E-state index is 12.4. The topological polar surface area (TPSA) is 111 Å². The highest BCUT2D eigenvalue weighted by Crippen LogP contribution is 2.25. The van der Waals surface area contributed by atoms with E-state index in [1.807, 2.05) is 6.92 Å². The molecule has 0 saturated heterocycles. The van der Waals surface area contributed by atoms with Crippen molar-refractivity contribution in [1.29, 1.82) is 0 Å². The lowest BCUT2D eigenvalue weighted by Gasteiger charge is -2.21. The lowest BCUT2D eigenvalue weighted by atomic mass is 10.0. The van der Waals surface area contributed by atoms with E-state index >= 15 is 0 Å². The summed E-state index contributed by atoms with van der Waals surface area (Å²) in [4.78, 5) is 35.0. The molecule has 0 aromatic heterocycles. The van der Waals surface area contributed by atoms with Gasteiger partial charge in [0.1, 0.15) is 11.1 Å². The third-order valence-electron chi connectivity index (χ3n) is 3.61. The molecule has 1 atom stereocenters. The maximum Gasteiger partial charge on any atom is 0.288 e. The van der Waals surface area contributed by atoms with E-state index in [2.05, 4.69) is 10.6 Å². The summed E-state index contributed by atoms with van der Waals surface area (Å²) in [7, 11) is 0. The molecule has 0 heterocycles. The molecule has 0 fully saturated rings. The molecule has 2 amide bonds. The van der Waals surface area contributed by atoms with Crippen LogP contribution in [0.4, 0.5) is 5.69 Å². The first-order valence-electron chi connectivity index (χ1n) is 8.38. The first-order valence-corrected chi connectivity index (χ1v) is 8.76. The first-order chi connectivity index (χ1) is 12.3. The van der Waals surface area contributed by atoms with Crippen LogP contribution in [-0.2, 0) is 9.53 Å². The molecule has 1 unspecified atom stereocenters. The van der Waals surface area contributed by atoms with Gasteiger partial charge in [-0.05, 0) is 31.4 Å². The molecule has 0 radical (unpaired) electrons. The van der Waals surface area contributed by atoms with Crippen LogP contribution in [0, 0.1) is 16.0 Å². The second kappa shape index (κ2) is 10.7. The largest absolute Gasteiger partial charge is 0.382 e. The van der Waals surface area contributed by atoms with Crippen molar-refractivity contribution in [3.8, 4) is 0 Å². The molecule has 0 spiro atoms. The fraction of sp³-hybridized carbons (Fsp3) is 0.529. The summed E-state index contributed by atoms with van der Waals surface area (Å²) in [5.41, 5.74) is -0.295. The van der Waals surface area contributed by atoms with Crippen LogP contribution in [0.3, 0.4) is 0 Å². The van der Waals surface area contributed by atoms with Crippen molar-refractivity contribution in [1.82, 2.24) is 10.6 Å². The molecule has 144 valence electrons. The standard InChI is InChI=1S/C17H24ClN3O5/c1-4-26-9-5-8-19-17(23)15(11(2)3)20-16(22)12-6-7-13(18)14(10-12)21(24)25/h6-7,10-11,15H,4-5,8-9H2,1-3H3,(H,19,23)(H,20,22). The van der Waals surface area contributed by atoms with Crippen molar-refractivity contribution in [2.24, 2.45) is 5.92 Å². The van der Waals surface area contributed by atoms with Crippen molar-refractivity contribution in [2.45, 2.75) is 33.2 Å². The number of carbonyl (C=O) groups is 2. The first kappa shape index (κ1) is 21.9. The summed E-state index contributed by atoms with van der Waals surface area (Å²) in [6.45, 7) is 7.09. The molecule has 8 nitrogen and oxygen atoms in total. The highest BCUT2D eigenvalue weighted by Gasteiger charge is 2.25. The minimum atomic E-state index is -0.760. The number of nitro benzene ring substituents is 1. The Hall–Kier alpha value is -2.19. The summed E-state index contributed by atoms with van der Waals surface area (Å²) in [5.74, 6) is -1.05. The van der Waals surface area contributed by atoms with Gasteiger partial charge in [0.05, 0.1) is 4.92 Å². The Morgan fingerprint density at radius 1 is 1.35 bits per heavy atom. The minimum absolute atomic E-state index is 0.0565. The second-order valence-corrected chi connectivity index (χ2v) is 6.37. The summed E-state index contributed by atoms with van der Waals surface area (Å²) < 4.78 is 5.20. The quantitative estimate of drug-likeness (QED) is 0.365. The number of nitro groups is 1. The molecule has 0 aliphatic rings. The Balaban J connectivity index is 2.74. The number of rotatable bonds is 10. The van der Waals surface area contributed by atoms with E-state index in [9.17, 15) is 19.7 Å². The Kier molecular flexibility index (Phi) is 9.01. The zero-order valence-electron chi connectivity index (χ0n) is 15.1. The monoisotopic (exact) mass is 385 g/mol. The fourth-order valence-corrected chi connectivity index (χ4v) is 2.38. The molecule has 26 heavy (non-hydrogen) atoms. The maximum absolute atomic E-state index is 12.4. The van der Waals surface area contributed by atoms with E-state index in [4.69, 9.17) is 16.3 Å². The molecule has 9 heteroatoms. The Morgan fingerprint density at radius 2 is 2.04 bits per heavy atom. The molecule has 1 aromatic rings. The van der Waals surface area contributed by atoms with Crippen LogP contribution in [0.25, 0.3) is 0 Å². The van der Waals surface area contributed by atoms with Crippen LogP contribution in [0.1, 0.15) is 37.6 Å². The number of ether oxygens (including phenoxy) is 1. The zero-order chi connectivity index (χ0) is 19.7. The number of amides is 2. The smallest absolute Gasteiger partial charge is 0.288 e. The van der Waals surface area contributed by atoms with Crippen molar-refractivity contribution < 1.29 is 19.2 Å². The predicted molar refractivity (Wildman–Crippen MR) is 98.3 cm³/mol. The molecule has 1 aromatic carbocycles. The van der Waals surface area contributed by atoms with Gasteiger partial charge >= 0.3 is 0 Å². The van der Waals surface area contributed by atoms with Crippen LogP contribution >= 0.6 is 11.6 Å². The van der Waals surface area contributed by atoms with Crippen molar-refractivity contribution in [3.63, 3.8) is 0 Å². The number of halogens is 1. The van der Waals surface area contributed by atoms with Crippen molar-refractivity contribution >= 4 is 29.1 Å². The number of hydrogen-bond donors (Lipinski definition) is 2. The van der Waals surface area contributed by atoms with E-state index in [0.717, 1.165) is 6.07 Å². The van der Waals surface area contributed by atoms with Gasteiger partial charge in [-0.2, -0.15) is 0 Å². The lowest BCUT2D eigenvalue weighted by Crippen LogP contribution is -2.50. The molecule has 0 bridgehead atoms. The number of carbonyl (C=O) groups excluding carboxylic acids is 2. The highest BCUT2D eigenvalue weighted by atomic mass is 35.5. The molecule has 0 aliphatic carbocycles. The van der Waals surface area contributed by atoms with Crippen LogP contribution < -0.4 is 10.6 Å². The van der Waals surface area contributed by atoms with Gasteiger partial charge in [-0.1, -0.05) is 25.4 Å². The number of nitrogens with one attached hydrogen (secondary N) is 2. The van der Waals surface area contributed by atoms with Crippen molar-refractivity contribution in [3.05, 3.63) is 38.9 Å². The second-order valence-electron chi connectivity index (χ2n) is 5.96. The van der Waals surface area contributed by atoms with Gasteiger partial charge in [-0.15, -0.1) is 0 Å². The average molecular weight is 386 g/mol. The predicted octanol–water partition coefficient (Wildman–Crippen LogP) is 2.55. The molecule has 2 N–H and O–H groups in total. The summed E-state index contributed by atoms with van der Waals surface area (Å²) >= 11 is 5.75. The van der Waals surface area contributed by atoms with Crippen LogP contribution in [0.5, 0.6) is 0 Å². The number of hydrogen-bond acceptors (Lipinski definition) is 5. The van der Waals surface area contributed by atoms with Gasteiger partial charge in [0.25, 0.3) is 11.6 Å². The Bertz CT molecular complexity index is 651. The SMILES string of the molecule is CCOCCCNC(=O)C(NC(=O)c1ccc(Cl)c([N+](=O)[O-])c1)C(C)C. The highest BCUT2D eigenvalue weighted by molar-refractivity contribution is 6.32. The number of nitrogens with zero attached hydrogens (tertiary/aromatic N) is 1. The summed E-state index contributed by atoms with van der Waals surface area (Å²) in [6.07, 6.45) is 0.668. The van der Waals surface area contributed by atoms with E-state index in [1.165, 1.54) is 12.1 Å². The molecular formula is C17H24ClN3O5. The van der Waals surface area contributed by atoms with Crippen LogP contribution in [-0.4, -0.2) is 42.5 Å². The van der Waals surface area contributed by atoms with Gasteiger partial charge in [0, 0.05) is 31.4 Å². The molecular weight excluding hydrogens is 362 g/mol. The summed E-state index contributed by atoms with van der Waals surface area (Å²) in [5, 5.41) is 16.3. The van der Waals surface area contributed by atoms with Gasteiger partial charge in [-0.25, -0.2) is 0 Å². The zero-order valence-corrected chi connectivity index (χ0v) is 15.8. The normalized spacial score (nSPS) is 11.9. The molecule has 0 aliphatic heterocycles. The summed E-state index contributed by atoms with van der Waals surface area (Å²) in [6, 6.07) is 2.99. The number of benzene rings is 1. The van der Waals surface area contributed by atoms with Crippen LogP contribution in [0.2, 0.25) is 5.02 Å². The fourth-order valence-electron chi connectivity index (χ4n) is 2.19. The van der Waals surface area contributed by atoms with Gasteiger partial charge in [0.15, 0.2) is 0 Å². The molecule has 1 rings (SSSR count). The molecule has 0 saturated carbocycles. The van der Waals surface area contributed by atoms with Crippen molar-refractivity contribution in [2.75, 3.05) is 19.8 Å². The lowest BCUT2D eigenvalue weighted by molar-refractivity contribution is -0.384. The van der Waals surface area contributed by atoms with E-state index < -0.39 is 16.9 Å². The van der Waals surface area contributed by atoms with E-state index in [0.29, 0.717) is 26.2 Å². The van der Waals surface area contributed by atoms with E-state index in [-0.39, 0.29) is 28.1 Å². The Morgan fingerprint density at radius 3 is 2.62 bits per heavy atom. The van der Waals surface area contributed by atoms with Gasteiger partial charge in [-0.3, -0.25) is 19.7 Å². The average Bonchev–Trinajstić information content (AvgIpc) is 2.58. The van der Waals surface area contributed by atoms with E-state index in [1.54, 1.807) is 13.8 Å². The van der Waals surface area contributed by atoms with Gasteiger partial charge < -0.3 is 15.4 Å². The minimum Gasteiger partial charge on any atom is -0.382 e. The third-order valence-corrected chi connectivity index (χ3v) is 3.93. The van der Waals surface area contributed by atoms with Crippen LogP contribution in [0.15, 0.2) is 18.2 Å². The third kappa shape index (κ3) is 6.61.